The van der Waals surface area contributed by atoms with Crippen molar-refractivity contribution in [3.63, 3.8) is 0 Å². The highest BCUT2D eigenvalue weighted by Gasteiger charge is 2.10. The van der Waals surface area contributed by atoms with Crippen molar-refractivity contribution in [3.05, 3.63) is 28.3 Å². The predicted molar refractivity (Wildman–Crippen MR) is 65.7 cm³/mol. The highest BCUT2D eigenvalue weighted by molar-refractivity contribution is 5.92. The number of nitrogens with one attached hydrogen (secondary N) is 1. The van der Waals surface area contributed by atoms with E-state index in [4.69, 9.17) is 5.11 Å². The standard InChI is InChI=1S/C13H19NO2/c1-8-7-9(2)11(4)13(10(8)3)14-12(16)5-6-15/h7,15H,5-6H2,1-4H3,(H,14,16). The van der Waals surface area contributed by atoms with Crippen LogP contribution in [0.4, 0.5) is 5.69 Å². The summed E-state index contributed by atoms with van der Waals surface area (Å²) in [7, 11) is 0. The summed E-state index contributed by atoms with van der Waals surface area (Å²) in [5.74, 6) is -0.140. The highest BCUT2D eigenvalue weighted by atomic mass is 16.3. The summed E-state index contributed by atoms with van der Waals surface area (Å²) in [6, 6.07) is 2.12. The molecule has 3 heteroatoms. The number of amides is 1. The molecule has 0 aliphatic heterocycles. The average molecular weight is 221 g/mol. The zero-order chi connectivity index (χ0) is 12.3. The Bertz CT molecular complexity index is 385. The number of aliphatic hydroxyl groups excluding tert-OH is 1. The van der Waals surface area contributed by atoms with Gasteiger partial charge in [-0.2, -0.15) is 0 Å². The van der Waals surface area contributed by atoms with Crippen LogP contribution in [-0.2, 0) is 4.79 Å². The Morgan fingerprint density at radius 1 is 1.19 bits per heavy atom. The Morgan fingerprint density at radius 3 is 2.12 bits per heavy atom. The molecular formula is C13H19NO2. The van der Waals surface area contributed by atoms with Crippen molar-refractivity contribution in [2.75, 3.05) is 11.9 Å². The van der Waals surface area contributed by atoms with E-state index in [-0.39, 0.29) is 18.9 Å². The normalized spacial score (nSPS) is 10.3. The summed E-state index contributed by atoms with van der Waals surface area (Å²) in [4.78, 5) is 11.5. The number of aliphatic hydroxyl groups is 1. The summed E-state index contributed by atoms with van der Waals surface area (Å²) < 4.78 is 0. The zero-order valence-corrected chi connectivity index (χ0v) is 10.3. The molecular weight excluding hydrogens is 202 g/mol. The SMILES string of the molecule is Cc1cc(C)c(C)c(NC(=O)CCO)c1C. The molecule has 1 aromatic rings. The highest BCUT2D eigenvalue weighted by Crippen LogP contribution is 2.26. The zero-order valence-electron chi connectivity index (χ0n) is 10.3. The smallest absolute Gasteiger partial charge is 0.226 e. The van der Waals surface area contributed by atoms with Crippen LogP contribution < -0.4 is 5.32 Å². The minimum atomic E-state index is -0.140. The second-order valence-electron chi connectivity index (χ2n) is 4.16. The van der Waals surface area contributed by atoms with Crippen LogP contribution in [0.15, 0.2) is 6.07 Å². The molecule has 0 radical (unpaired) electrons. The lowest BCUT2D eigenvalue weighted by Gasteiger charge is -2.15. The number of aryl methyl sites for hydroxylation is 2. The van der Waals surface area contributed by atoms with Gasteiger partial charge in [-0.25, -0.2) is 0 Å². The second kappa shape index (κ2) is 5.12. The molecule has 1 amide bonds. The van der Waals surface area contributed by atoms with Crippen molar-refractivity contribution in [1.82, 2.24) is 0 Å². The summed E-state index contributed by atoms with van der Waals surface area (Å²) in [6.07, 6.45) is 0.145. The van der Waals surface area contributed by atoms with E-state index in [1.54, 1.807) is 0 Å². The van der Waals surface area contributed by atoms with E-state index in [1.807, 2.05) is 27.7 Å². The summed E-state index contributed by atoms with van der Waals surface area (Å²) in [5.41, 5.74) is 5.41. The van der Waals surface area contributed by atoms with Gasteiger partial charge in [0.1, 0.15) is 0 Å². The van der Waals surface area contributed by atoms with Crippen LogP contribution >= 0.6 is 0 Å². The first-order chi connectivity index (χ1) is 7.47. The minimum absolute atomic E-state index is 0.116. The fraction of sp³-hybridized carbons (Fsp3) is 0.462. The summed E-state index contributed by atoms with van der Waals surface area (Å²) in [5, 5.41) is 11.6. The molecule has 0 saturated heterocycles. The van der Waals surface area contributed by atoms with Gasteiger partial charge in [0, 0.05) is 5.69 Å². The lowest BCUT2D eigenvalue weighted by Crippen LogP contribution is -2.15. The lowest BCUT2D eigenvalue weighted by molar-refractivity contribution is -0.116. The molecule has 2 N–H and O–H groups in total. The van der Waals surface area contributed by atoms with Crippen molar-refractivity contribution in [1.29, 1.82) is 0 Å². The number of hydrogen-bond acceptors (Lipinski definition) is 2. The molecule has 0 aromatic heterocycles. The molecule has 88 valence electrons. The molecule has 0 aliphatic rings. The van der Waals surface area contributed by atoms with Gasteiger partial charge in [-0.1, -0.05) is 6.07 Å². The van der Waals surface area contributed by atoms with Gasteiger partial charge in [0.25, 0.3) is 0 Å². The lowest BCUT2D eigenvalue weighted by atomic mass is 9.98. The molecule has 0 fully saturated rings. The van der Waals surface area contributed by atoms with Gasteiger partial charge in [0.2, 0.25) is 5.91 Å². The van der Waals surface area contributed by atoms with E-state index in [0.29, 0.717) is 0 Å². The van der Waals surface area contributed by atoms with Gasteiger partial charge in [-0.3, -0.25) is 4.79 Å². The third-order valence-electron chi connectivity index (χ3n) is 2.97. The van der Waals surface area contributed by atoms with Crippen molar-refractivity contribution in [2.24, 2.45) is 0 Å². The Morgan fingerprint density at radius 2 is 1.69 bits per heavy atom. The number of anilines is 1. The van der Waals surface area contributed by atoms with Crippen LogP contribution in [0.25, 0.3) is 0 Å². The van der Waals surface area contributed by atoms with Crippen molar-refractivity contribution in [3.8, 4) is 0 Å². The molecule has 0 atom stereocenters. The largest absolute Gasteiger partial charge is 0.396 e. The molecule has 1 rings (SSSR count). The third-order valence-corrected chi connectivity index (χ3v) is 2.97. The van der Waals surface area contributed by atoms with Gasteiger partial charge in [0.05, 0.1) is 13.0 Å². The topological polar surface area (TPSA) is 49.3 Å². The minimum Gasteiger partial charge on any atom is -0.396 e. The number of hydrogen-bond donors (Lipinski definition) is 2. The molecule has 1 aromatic carbocycles. The maximum absolute atomic E-state index is 11.5. The first-order valence-electron chi connectivity index (χ1n) is 5.45. The maximum Gasteiger partial charge on any atom is 0.226 e. The van der Waals surface area contributed by atoms with Crippen LogP contribution in [0.3, 0.4) is 0 Å². The molecule has 3 nitrogen and oxygen atoms in total. The monoisotopic (exact) mass is 221 g/mol. The Kier molecular flexibility index (Phi) is 4.07. The van der Waals surface area contributed by atoms with E-state index in [0.717, 1.165) is 16.8 Å². The quantitative estimate of drug-likeness (QED) is 0.822. The van der Waals surface area contributed by atoms with Crippen LogP contribution in [0.5, 0.6) is 0 Å². The molecule has 0 saturated carbocycles. The van der Waals surface area contributed by atoms with E-state index in [2.05, 4.69) is 11.4 Å². The first kappa shape index (κ1) is 12.7. The van der Waals surface area contributed by atoms with Crippen molar-refractivity contribution < 1.29 is 9.90 Å². The number of carbonyl (C=O) groups is 1. The van der Waals surface area contributed by atoms with Crippen LogP contribution in [-0.4, -0.2) is 17.6 Å². The summed E-state index contributed by atoms with van der Waals surface area (Å²) >= 11 is 0. The summed E-state index contributed by atoms with van der Waals surface area (Å²) in [6.45, 7) is 7.94. The number of rotatable bonds is 3. The van der Waals surface area contributed by atoms with Crippen molar-refractivity contribution >= 4 is 11.6 Å². The van der Waals surface area contributed by atoms with Gasteiger partial charge >= 0.3 is 0 Å². The van der Waals surface area contributed by atoms with Gasteiger partial charge in [0.15, 0.2) is 0 Å². The van der Waals surface area contributed by atoms with Crippen LogP contribution in [0.2, 0.25) is 0 Å². The second-order valence-corrected chi connectivity index (χ2v) is 4.16. The number of carbonyl (C=O) groups excluding carboxylic acids is 1. The van der Waals surface area contributed by atoms with E-state index < -0.39 is 0 Å². The molecule has 0 bridgehead atoms. The van der Waals surface area contributed by atoms with E-state index in [1.165, 1.54) is 11.1 Å². The maximum atomic E-state index is 11.5. The van der Waals surface area contributed by atoms with Gasteiger partial charge in [-0.15, -0.1) is 0 Å². The predicted octanol–water partition coefficient (Wildman–Crippen LogP) is 2.24. The Labute approximate surface area is 96.5 Å². The molecule has 16 heavy (non-hydrogen) atoms. The number of benzene rings is 1. The van der Waals surface area contributed by atoms with Crippen LogP contribution in [0.1, 0.15) is 28.7 Å². The molecule has 0 spiro atoms. The molecule has 0 heterocycles. The van der Waals surface area contributed by atoms with Gasteiger partial charge < -0.3 is 10.4 Å². The fourth-order valence-electron chi connectivity index (χ4n) is 1.71. The van der Waals surface area contributed by atoms with Crippen LogP contribution in [0, 0.1) is 27.7 Å². The Hall–Kier alpha value is -1.35. The van der Waals surface area contributed by atoms with E-state index >= 15 is 0 Å². The Balaban J connectivity index is 3.07. The first-order valence-corrected chi connectivity index (χ1v) is 5.45. The van der Waals surface area contributed by atoms with E-state index in [9.17, 15) is 4.79 Å². The molecule has 0 unspecified atom stereocenters. The average Bonchev–Trinajstić information content (AvgIpc) is 2.22. The molecule has 0 aliphatic carbocycles. The third kappa shape index (κ3) is 2.61. The fourth-order valence-corrected chi connectivity index (χ4v) is 1.71. The van der Waals surface area contributed by atoms with Gasteiger partial charge in [-0.05, 0) is 49.9 Å². The van der Waals surface area contributed by atoms with Crippen molar-refractivity contribution in [2.45, 2.75) is 34.1 Å².